The monoisotopic (exact) mass is 414 g/mol. The molecule has 8 heteroatoms. The molecule has 0 spiro atoms. The summed E-state index contributed by atoms with van der Waals surface area (Å²) in [5.74, 6) is -2.27. The van der Waals surface area contributed by atoms with Crippen LogP contribution < -0.4 is 0 Å². The molecule has 5 rings (SSSR count). The molecule has 1 unspecified atom stereocenters. The van der Waals surface area contributed by atoms with Crippen molar-refractivity contribution >= 4 is 60.4 Å². The molecule has 1 atom stereocenters. The number of nitro groups is 2. The first-order valence-corrected chi connectivity index (χ1v) is 9.49. The summed E-state index contributed by atoms with van der Waals surface area (Å²) in [6.45, 7) is 1.41. The molecule has 152 valence electrons. The van der Waals surface area contributed by atoms with Crippen LogP contribution in [0.2, 0.25) is 0 Å². The number of carbonyl (C=O) groups is 1. The largest absolute Gasteiger partial charge is 0.481 e. The van der Waals surface area contributed by atoms with E-state index in [-0.39, 0.29) is 16.9 Å². The van der Waals surface area contributed by atoms with Gasteiger partial charge in [-0.05, 0) is 40.6 Å². The molecule has 0 radical (unpaired) electrons. The summed E-state index contributed by atoms with van der Waals surface area (Å²) in [7, 11) is 0. The van der Waals surface area contributed by atoms with Crippen molar-refractivity contribution in [1.82, 2.24) is 0 Å². The normalized spacial score (nSPS) is 12.7. The van der Waals surface area contributed by atoms with Crippen molar-refractivity contribution in [1.29, 1.82) is 0 Å². The summed E-state index contributed by atoms with van der Waals surface area (Å²) in [6.07, 6.45) is 0. The van der Waals surface area contributed by atoms with Gasteiger partial charge in [0.15, 0.2) is 0 Å². The van der Waals surface area contributed by atoms with Crippen molar-refractivity contribution in [2.75, 3.05) is 0 Å². The van der Waals surface area contributed by atoms with Crippen LogP contribution in [0.25, 0.3) is 43.1 Å². The number of rotatable bonds is 4. The molecule has 31 heavy (non-hydrogen) atoms. The number of benzene rings is 5. The van der Waals surface area contributed by atoms with Gasteiger partial charge in [0.25, 0.3) is 11.4 Å². The second-order valence-corrected chi connectivity index (χ2v) is 7.53. The van der Waals surface area contributed by atoms with E-state index in [0.29, 0.717) is 43.1 Å². The minimum Gasteiger partial charge on any atom is -0.481 e. The SMILES string of the molecule is CC(C(=O)O)c1cc2cccc3c4c([N+](=O)[O-])ccc5cccc(c(c1[N+](=O)[O-])c23)c54. The van der Waals surface area contributed by atoms with Gasteiger partial charge < -0.3 is 5.11 Å². The Morgan fingerprint density at radius 3 is 2.06 bits per heavy atom. The molecule has 0 saturated carbocycles. The van der Waals surface area contributed by atoms with Gasteiger partial charge >= 0.3 is 5.97 Å². The fraction of sp³-hybridized carbons (Fsp3) is 0.0870. The van der Waals surface area contributed by atoms with E-state index >= 15 is 0 Å². The van der Waals surface area contributed by atoms with Crippen LogP contribution in [0.3, 0.4) is 0 Å². The Morgan fingerprint density at radius 1 is 0.839 bits per heavy atom. The van der Waals surface area contributed by atoms with E-state index < -0.39 is 21.7 Å². The Labute approximate surface area is 173 Å². The Hall–Kier alpha value is -4.33. The maximum absolute atomic E-state index is 12.2. The summed E-state index contributed by atoms with van der Waals surface area (Å²) in [4.78, 5) is 34.7. The highest BCUT2D eigenvalue weighted by molar-refractivity contribution is 6.36. The molecule has 8 nitrogen and oxygen atoms in total. The van der Waals surface area contributed by atoms with E-state index in [9.17, 15) is 30.1 Å². The standard InChI is InChI=1S/C23H14N2O6/c1-11(23(26)27)16-10-13-5-3-6-14-19(13)21(22(16)25(30)31)15-7-2-4-12-8-9-17(24(28)29)20(14)18(12)15/h2-11H,1H3,(H,26,27). The van der Waals surface area contributed by atoms with Crippen LogP contribution in [0.5, 0.6) is 0 Å². The fourth-order valence-electron chi connectivity index (χ4n) is 4.60. The minimum absolute atomic E-state index is 0.0799. The molecule has 0 aliphatic carbocycles. The van der Waals surface area contributed by atoms with E-state index in [1.165, 1.54) is 19.1 Å². The number of nitrogens with zero attached hydrogens (tertiary/aromatic N) is 2. The van der Waals surface area contributed by atoms with Crippen LogP contribution in [0.1, 0.15) is 18.4 Å². The van der Waals surface area contributed by atoms with Crippen molar-refractivity contribution in [2.45, 2.75) is 12.8 Å². The van der Waals surface area contributed by atoms with E-state index in [1.54, 1.807) is 42.5 Å². The zero-order chi connectivity index (χ0) is 22.0. The third-order valence-corrected chi connectivity index (χ3v) is 5.95. The molecule has 0 fully saturated rings. The Balaban J connectivity index is 2.19. The molecule has 5 aromatic carbocycles. The van der Waals surface area contributed by atoms with Gasteiger partial charge in [-0.3, -0.25) is 25.0 Å². The highest BCUT2D eigenvalue weighted by Crippen LogP contribution is 2.48. The average molecular weight is 414 g/mol. The van der Waals surface area contributed by atoms with Gasteiger partial charge in [0.1, 0.15) is 0 Å². The molecule has 0 bridgehead atoms. The van der Waals surface area contributed by atoms with Gasteiger partial charge in [-0.2, -0.15) is 0 Å². The predicted octanol–water partition coefficient (Wildman–Crippen LogP) is 5.74. The second-order valence-electron chi connectivity index (χ2n) is 7.53. The first-order chi connectivity index (χ1) is 14.8. The summed E-state index contributed by atoms with van der Waals surface area (Å²) in [6, 6.07) is 15.0. The summed E-state index contributed by atoms with van der Waals surface area (Å²) < 4.78 is 0. The predicted molar refractivity (Wildman–Crippen MR) is 117 cm³/mol. The van der Waals surface area contributed by atoms with Crippen molar-refractivity contribution in [3.8, 4) is 0 Å². The number of carboxylic acid groups (broad SMARTS) is 1. The lowest BCUT2D eigenvalue weighted by molar-refractivity contribution is -0.383. The minimum atomic E-state index is -1.17. The van der Waals surface area contributed by atoms with Crippen molar-refractivity contribution in [3.63, 3.8) is 0 Å². The lowest BCUT2D eigenvalue weighted by atomic mass is 9.85. The number of hydrogen-bond acceptors (Lipinski definition) is 5. The molecule has 1 N–H and O–H groups in total. The highest BCUT2D eigenvalue weighted by atomic mass is 16.6. The first kappa shape index (κ1) is 18.7. The third-order valence-electron chi connectivity index (χ3n) is 5.95. The van der Waals surface area contributed by atoms with Crippen LogP contribution >= 0.6 is 0 Å². The lowest BCUT2D eigenvalue weighted by Gasteiger charge is -2.17. The summed E-state index contributed by atoms with van der Waals surface area (Å²) in [5.41, 5.74) is -0.258. The highest BCUT2D eigenvalue weighted by Gasteiger charge is 2.31. The molecule has 0 amide bonds. The Kier molecular flexibility index (Phi) is 3.82. The third kappa shape index (κ3) is 2.45. The number of nitro benzene ring substituents is 2. The molecule has 0 saturated heterocycles. The zero-order valence-corrected chi connectivity index (χ0v) is 16.2. The number of fused-ring (bicyclic) bond motifs is 2. The molecular formula is C23H14N2O6. The topological polar surface area (TPSA) is 124 Å². The van der Waals surface area contributed by atoms with Gasteiger partial charge in [-0.1, -0.05) is 36.4 Å². The van der Waals surface area contributed by atoms with Crippen LogP contribution in [-0.2, 0) is 4.79 Å². The molecule has 0 aliphatic heterocycles. The van der Waals surface area contributed by atoms with E-state index in [4.69, 9.17) is 0 Å². The maximum atomic E-state index is 12.2. The second kappa shape index (κ2) is 6.33. The number of hydrogen-bond donors (Lipinski definition) is 1. The number of non-ortho nitro benzene ring substituents is 1. The van der Waals surface area contributed by atoms with Crippen molar-refractivity contribution in [3.05, 3.63) is 80.4 Å². The molecule has 5 aromatic rings. The van der Waals surface area contributed by atoms with E-state index in [2.05, 4.69) is 0 Å². The first-order valence-electron chi connectivity index (χ1n) is 9.49. The summed E-state index contributed by atoms with van der Waals surface area (Å²) in [5, 5.41) is 37.7. The van der Waals surface area contributed by atoms with Crippen molar-refractivity contribution < 1.29 is 19.7 Å². The maximum Gasteiger partial charge on any atom is 0.310 e. The molecular weight excluding hydrogens is 400 g/mol. The van der Waals surface area contributed by atoms with Crippen molar-refractivity contribution in [2.24, 2.45) is 0 Å². The van der Waals surface area contributed by atoms with Gasteiger partial charge in [0.05, 0.1) is 26.5 Å². The van der Waals surface area contributed by atoms with Gasteiger partial charge in [0, 0.05) is 22.4 Å². The van der Waals surface area contributed by atoms with Crippen LogP contribution in [-0.4, -0.2) is 20.9 Å². The Bertz CT molecular complexity index is 1590. The van der Waals surface area contributed by atoms with Gasteiger partial charge in [-0.15, -0.1) is 0 Å². The smallest absolute Gasteiger partial charge is 0.310 e. The summed E-state index contributed by atoms with van der Waals surface area (Å²) >= 11 is 0. The molecule has 0 aliphatic rings. The zero-order valence-electron chi connectivity index (χ0n) is 16.2. The number of carboxylic acids is 1. The van der Waals surface area contributed by atoms with E-state index in [0.717, 1.165) is 0 Å². The molecule has 0 heterocycles. The number of aliphatic carboxylic acids is 1. The molecule has 0 aromatic heterocycles. The Morgan fingerprint density at radius 2 is 1.45 bits per heavy atom. The van der Waals surface area contributed by atoms with Gasteiger partial charge in [-0.25, -0.2) is 0 Å². The average Bonchev–Trinajstić information content (AvgIpc) is 2.75. The quantitative estimate of drug-likeness (QED) is 0.173. The van der Waals surface area contributed by atoms with Crippen LogP contribution in [0.15, 0.2) is 54.6 Å². The van der Waals surface area contributed by atoms with Gasteiger partial charge in [0.2, 0.25) is 0 Å². The van der Waals surface area contributed by atoms with Crippen LogP contribution in [0, 0.1) is 20.2 Å². The van der Waals surface area contributed by atoms with E-state index in [1.807, 2.05) is 0 Å². The van der Waals surface area contributed by atoms with Crippen LogP contribution in [0.4, 0.5) is 11.4 Å². The fourth-order valence-corrected chi connectivity index (χ4v) is 4.60. The lowest BCUT2D eigenvalue weighted by Crippen LogP contribution is -2.10.